The van der Waals surface area contributed by atoms with E-state index < -0.39 is 5.91 Å². The first-order valence-corrected chi connectivity index (χ1v) is 6.18. The van der Waals surface area contributed by atoms with Crippen LogP contribution in [0.4, 0.5) is 0 Å². The summed E-state index contributed by atoms with van der Waals surface area (Å²) < 4.78 is 7.02. The molecule has 0 spiro atoms. The summed E-state index contributed by atoms with van der Waals surface area (Å²) in [5.41, 5.74) is 3.17. The highest BCUT2D eigenvalue weighted by atomic mass is 16.5. The van der Waals surface area contributed by atoms with Gasteiger partial charge in [-0.15, -0.1) is 5.10 Å². The average molecular weight is 276 g/mol. The van der Waals surface area contributed by atoms with Crippen LogP contribution in [0.1, 0.15) is 16.2 Å². The summed E-state index contributed by atoms with van der Waals surface area (Å²) in [6, 6.07) is 5.78. The van der Waals surface area contributed by atoms with Gasteiger partial charge in [0.1, 0.15) is 0 Å². The van der Waals surface area contributed by atoms with Gasteiger partial charge in [0, 0.05) is 18.3 Å². The molecule has 8 nitrogen and oxygen atoms in total. The van der Waals surface area contributed by atoms with Crippen LogP contribution in [0.2, 0.25) is 0 Å². The highest BCUT2D eigenvalue weighted by Gasteiger charge is 2.08. The van der Waals surface area contributed by atoms with Crippen molar-refractivity contribution in [2.75, 3.05) is 13.2 Å². The van der Waals surface area contributed by atoms with E-state index in [1.165, 1.54) is 10.9 Å². The van der Waals surface area contributed by atoms with Gasteiger partial charge in [0.15, 0.2) is 5.69 Å². The zero-order valence-corrected chi connectivity index (χ0v) is 10.9. The van der Waals surface area contributed by atoms with Crippen LogP contribution in [0.5, 0.6) is 0 Å². The predicted octanol–water partition coefficient (Wildman–Crippen LogP) is -0.464. The van der Waals surface area contributed by atoms with Crippen LogP contribution in [0.25, 0.3) is 0 Å². The molecule has 106 valence electrons. The second kappa shape index (κ2) is 7.31. The Bertz CT molecular complexity index is 542. The Hall–Kier alpha value is -2.32. The molecule has 2 rings (SSSR count). The van der Waals surface area contributed by atoms with Crippen LogP contribution >= 0.6 is 0 Å². The molecule has 0 aromatic carbocycles. The van der Waals surface area contributed by atoms with Gasteiger partial charge in [-0.05, 0) is 12.1 Å². The lowest BCUT2D eigenvalue weighted by Crippen LogP contribution is -2.30. The molecule has 0 bridgehead atoms. The van der Waals surface area contributed by atoms with Crippen molar-refractivity contribution >= 4 is 5.91 Å². The monoisotopic (exact) mass is 276 g/mol. The molecule has 0 saturated heterocycles. The van der Waals surface area contributed by atoms with Crippen molar-refractivity contribution < 1.29 is 9.53 Å². The number of hydrazine groups is 1. The fourth-order valence-corrected chi connectivity index (χ4v) is 1.57. The van der Waals surface area contributed by atoms with E-state index in [9.17, 15) is 4.79 Å². The minimum absolute atomic E-state index is 0.181. The van der Waals surface area contributed by atoms with Gasteiger partial charge >= 0.3 is 0 Å². The number of nitrogen functional groups attached to an aromatic ring is 1. The normalized spacial score (nSPS) is 10.4. The summed E-state index contributed by atoms with van der Waals surface area (Å²) in [4.78, 5) is 15.4. The number of carbonyl (C=O) groups is 1. The Morgan fingerprint density at radius 3 is 3.05 bits per heavy atom. The molecule has 0 fully saturated rings. The minimum atomic E-state index is -0.465. The molecule has 2 aromatic heterocycles. The zero-order valence-electron chi connectivity index (χ0n) is 10.9. The molecule has 8 heteroatoms. The highest BCUT2D eigenvalue weighted by Crippen LogP contribution is 1.96. The molecule has 0 aliphatic carbocycles. The van der Waals surface area contributed by atoms with E-state index in [-0.39, 0.29) is 5.69 Å². The topological polar surface area (TPSA) is 108 Å². The number of rotatable bonds is 7. The quantitative estimate of drug-likeness (QED) is 0.306. The second-order valence-corrected chi connectivity index (χ2v) is 4.02. The van der Waals surface area contributed by atoms with Crippen molar-refractivity contribution in [1.82, 2.24) is 25.4 Å². The standard InChI is InChI=1S/C12H16N6O2/c13-15-12(19)11-9-18(17-16-11)6-8-20-7-4-10-3-1-2-5-14-10/h1-3,5,9H,4,6-8,13H2,(H,15,19). The molecule has 2 aromatic rings. The number of carbonyl (C=O) groups excluding carboxylic acids is 1. The van der Waals surface area contributed by atoms with Crippen molar-refractivity contribution in [3.05, 3.63) is 42.0 Å². The van der Waals surface area contributed by atoms with Gasteiger partial charge in [-0.25, -0.2) is 10.5 Å². The fourth-order valence-electron chi connectivity index (χ4n) is 1.57. The number of nitrogens with two attached hydrogens (primary N) is 1. The number of pyridine rings is 1. The first-order chi connectivity index (χ1) is 9.79. The van der Waals surface area contributed by atoms with Crippen molar-refractivity contribution in [3.63, 3.8) is 0 Å². The van der Waals surface area contributed by atoms with Crippen LogP contribution in [0.3, 0.4) is 0 Å². The van der Waals surface area contributed by atoms with Crippen LogP contribution in [0.15, 0.2) is 30.6 Å². The lowest BCUT2D eigenvalue weighted by Gasteiger charge is -2.03. The van der Waals surface area contributed by atoms with E-state index in [0.717, 1.165) is 12.1 Å². The third-order valence-electron chi connectivity index (χ3n) is 2.60. The van der Waals surface area contributed by atoms with Crippen LogP contribution in [0, 0.1) is 0 Å². The van der Waals surface area contributed by atoms with Gasteiger partial charge in [0.05, 0.1) is 26.0 Å². The van der Waals surface area contributed by atoms with Crippen molar-refractivity contribution in [2.45, 2.75) is 13.0 Å². The van der Waals surface area contributed by atoms with E-state index in [4.69, 9.17) is 10.6 Å². The molecule has 0 unspecified atom stereocenters. The Balaban J connectivity index is 1.66. The van der Waals surface area contributed by atoms with Gasteiger partial charge in [0.2, 0.25) is 0 Å². The maximum atomic E-state index is 11.2. The first-order valence-electron chi connectivity index (χ1n) is 6.18. The smallest absolute Gasteiger partial charge is 0.287 e. The van der Waals surface area contributed by atoms with E-state index in [0.29, 0.717) is 19.8 Å². The summed E-state index contributed by atoms with van der Waals surface area (Å²) in [6.07, 6.45) is 4.04. The molecule has 0 aliphatic rings. The van der Waals surface area contributed by atoms with Gasteiger partial charge < -0.3 is 4.74 Å². The summed E-state index contributed by atoms with van der Waals surface area (Å²) >= 11 is 0. The average Bonchev–Trinajstić information content (AvgIpc) is 2.96. The number of amides is 1. The SMILES string of the molecule is NNC(=O)c1cn(CCOCCc2ccccn2)nn1. The maximum absolute atomic E-state index is 11.2. The van der Waals surface area contributed by atoms with Crippen LogP contribution < -0.4 is 11.3 Å². The number of nitrogens with one attached hydrogen (secondary N) is 1. The minimum Gasteiger partial charge on any atom is -0.379 e. The highest BCUT2D eigenvalue weighted by molar-refractivity contribution is 5.91. The number of hydrogen-bond acceptors (Lipinski definition) is 6. The number of nitrogens with zero attached hydrogens (tertiary/aromatic N) is 4. The lowest BCUT2D eigenvalue weighted by molar-refractivity contribution is 0.0948. The first kappa shape index (κ1) is 14.1. The Labute approximate surface area is 115 Å². The van der Waals surface area contributed by atoms with E-state index >= 15 is 0 Å². The van der Waals surface area contributed by atoms with Gasteiger partial charge in [0.25, 0.3) is 5.91 Å². The van der Waals surface area contributed by atoms with E-state index in [1.54, 1.807) is 6.20 Å². The molecule has 0 atom stereocenters. The van der Waals surface area contributed by atoms with Gasteiger partial charge in [-0.2, -0.15) is 0 Å². The molecule has 0 saturated carbocycles. The second-order valence-electron chi connectivity index (χ2n) is 4.02. The molecule has 3 N–H and O–H groups in total. The maximum Gasteiger partial charge on any atom is 0.287 e. The summed E-state index contributed by atoms with van der Waals surface area (Å²) in [5, 5.41) is 7.49. The number of ether oxygens (including phenoxy) is 1. The summed E-state index contributed by atoms with van der Waals surface area (Å²) in [6.45, 7) is 1.59. The molecule has 1 amide bonds. The van der Waals surface area contributed by atoms with E-state index in [1.807, 2.05) is 23.6 Å². The van der Waals surface area contributed by atoms with Crippen molar-refractivity contribution in [3.8, 4) is 0 Å². The van der Waals surface area contributed by atoms with E-state index in [2.05, 4.69) is 15.3 Å². The lowest BCUT2D eigenvalue weighted by atomic mass is 10.3. The largest absolute Gasteiger partial charge is 0.379 e. The fraction of sp³-hybridized carbons (Fsp3) is 0.333. The Morgan fingerprint density at radius 1 is 1.40 bits per heavy atom. The molecular weight excluding hydrogens is 260 g/mol. The molecular formula is C12H16N6O2. The molecule has 2 heterocycles. The van der Waals surface area contributed by atoms with Crippen molar-refractivity contribution in [2.24, 2.45) is 5.84 Å². The van der Waals surface area contributed by atoms with Gasteiger partial charge in [-0.3, -0.25) is 15.2 Å². The summed E-state index contributed by atoms with van der Waals surface area (Å²) in [5.74, 6) is 4.54. The molecule has 20 heavy (non-hydrogen) atoms. The summed E-state index contributed by atoms with van der Waals surface area (Å²) in [7, 11) is 0. The number of aromatic nitrogens is 4. The van der Waals surface area contributed by atoms with Crippen LogP contribution in [-0.4, -0.2) is 39.1 Å². The van der Waals surface area contributed by atoms with Crippen molar-refractivity contribution in [1.29, 1.82) is 0 Å². The van der Waals surface area contributed by atoms with Gasteiger partial charge in [-0.1, -0.05) is 11.3 Å². The van der Waals surface area contributed by atoms with Crippen LogP contribution in [-0.2, 0) is 17.7 Å². The Morgan fingerprint density at radius 2 is 2.30 bits per heavy atom. The Kier molecular flexibility index (Phi) is 5.15. The number of hydrogen-bond donors (Lipinski definition) is 2. The zero-order chi connectivity index (χ0) is 14.2. The molecule has 0 aliphatic heterocycles. The third-order valence-corrected chi connectivity index (χ3v) is 2.60. The molecule has 0 radical (unpaired) electrons. The third kappa shape index (κ3) is 4.11. The predicted molar refractivity (Wildman–Crippen MR) is 70.4 cm³/mol.